The van der Waals surface area contributed by atoms with Gasteiger partial charge in [-0.25, -0.2) is 4.98 Å². The second-order valence-corrected chi connectivity index (χ2v) is 6.02. The van der Waals surface area contributed by atoms with Crippen molar-refractivity contribution in [3.8, 4) is 0 Å². The third kappa shape index (κ3) is 2.57. The van der Waals surface area contributed by atoms with Gasteiger partial charge in [-0.3, -0.25) is 0 Å². The number of aromatic nitrogens is 1. The lowest BCUT2D eigenvalue weighted by Crippen LogP contribution is -2.39. The van der Waals surface area contributed by atoms with Gasteiger partial charge in [0, 0.05) is 10.7 Å². The first kappa shape index (κ1) is 12.3. The number of nitrogens with one attached hydrogen (secondary N) is 1. The van der Waals surface area contributed by atoms with Crippen molar-refractivity contribution in [3.05, 3.63) is 21.2 Å². The first-order valence-corrected chi connectivity index (χ1v) is 6.94. The molecule has 1 aromatic heterocycles. The number of nitrogens with zero attached hydrogens (tertiary/aromatic N) is 1. The summed E-state index contributed by atoms with van der Waals surface area (Å²) in [4.78, 5) is 4.32. The van der Waals surface area contributed by atoms with E-state index < -0.39 is 0 Å². The Hall–Kier alpha value is -0.130. The Kier molecular flexibility index (Phi) is 3.87. The third-order valence-corrected chi connectivity index (χ3v) is 4.09. The van der Waals surface area contributed by atoms with Gasteiger partial charge in [-0.15, -0.1) is 0 Å². The Morgan fingerprint density at radius 3 is 2.62 bits per heavy atom. The monoisotopic (exact) mass is 348 g/mol. The van der Waals surface area contributed by atoms with Crippen molar-refractivity contribution >= 4 is 37.7 Å². The molecule has 0 unspecified atom stereocenters. The predicted octanol–water partition coefficient (Wildman–Crippen LogP) is 3.32. The van der Waals surface area contributed by atoms with Crippen molar-refractivity contribution in [1.29, 1.82) is 0 Å². The molecule has 1 heterocycles. The first-order valence-electron chi connectivity index (χ1n) is 5.35. The second kappa shape index (κ2) is 5.02. The highest BCUT2D eigenvalue weighted by Gasteiger charge is 2.33. The SMILES string of the molecule is OCC1(Nc2ncc(Br)cc2Br)CCCC1. The number of pyridine rings is 1. The molecule has 2 N–H and O–H groups in total. The third-order valence-electron chi connectivity index (χ3n) is 3.05. The molecule has 16 heavy (non-hydrogen) atoms. The summed E-state index contributed by atoms with van der Waals surface area (Å²) in [6, 6.07) is 1.95. The highest BCUT2D eigenvalue weighted by Crippen LogP contribution is 2.34. The fourth-order valence-corrected chi connectivity index (χ4v) is 3.22. The van der Waals surface area contributed by atoms with Crippen LogP contribution in [0.2, 0.25) is 0 Å². The maximum absolute atomic E-state index is 9.51. The minimum atomic E-state index is -0.177. The van der Waals surface area contributed by atoms with Gasteiger partial charge < -0.3 is 10.4 Å². The number of halogens is 2. The van der Waals surface area contributed by atoms with E-state index in [9.17, 15) is 5.11 Å². The lowest BCUT2D eigenvalue weighted by atomic mass is 9.99. The molecule has 0 atom stereocenters. The van der Waals surface area contributed by atoms with Gasteiger partial charge >= 0.3 is 0 Å². The number of hydrogen-bond donors (Lipinski definition) is 2. The van der Waals surface area contributed by atoms with Crippen LogP contribution in [-0.2, 0) is 0 Å². The molecular weight excluding hydrogens is 336 g/mol. The summed E-state index contributed by atoms with van der Waals surface area (Å²) < 4.78 is 1.86. The number of hydrogen-bond acceptors (Lipinski definition) is 3. The molecule has 0 saturated heterocycles. The molecule has 1 aromatic rings. The van der Waals surface area contributed by atoms with E-state index in [1.54, 1.807) is 6.20 Å². The zero-order chi connectivity index (χ0) is 11.6. The van der Waals surface area contributed by atoms with E-state index in [0.717, 1.165) is 27.6 Å². The van der Waals surface area contributed by atoms with E-state index in [2.05, 4.69) is 42.2 Å². The van der Waals surface area contributed by atoms with Gasteiger partial charge in [0.1, 0.15) is 5.82 Å². The summed E-state index contributed by atoms with van der Waals surface area (Å²) in [5.74, 6) is 0.805. The largest absolute Gasteiger partial charge is 0.394 e. The Balaban J connectivity index is 2.19. The molecule has 2 rings (SSSR count). The highest BCUT2D eigenvalue weighted by atomic mass is 79.9. The molecule has 0 aromatic carbocycles. The van der Waals surface area contributed by atoms with E-state index in [1.807, 2.05) is 6.07 Å². The van der Waals surface area contributed by atoms with Crippen LogP contribution < -0.4 is 5.32 Å². The van der Waals surface area contributed by atoms with Gasteiger partial charge in [-0.05, 0) is 50.8 Å². The van der Waals surface area contributed by atoms with Crippen LogP contribution >= 0.6 is 31.9 Å². The van der Waals surface area contributed by atoms with Crippen molar-refractivity contribution in [2.24, 2.45) is 0 Å². The van der Waals surface area contributed by atoms with Crippen molar-refractivity contribution in [3.63, 3.8) is 0 Å². The van der Waals surface area contributed by atoms with Crippen LogP contribution in [0.4, 0.5) is 5.82 Å². The fraction of sp³-hybridized carbons (Fsp3) is 0.545. The number of aliphatic hydroxyl groups is 1. The van der Waals surface area contributed by atoms with Crippen LogP contribution in [0.3, 0.4) is 0 Å². The van der Waals surface area contributed by atoms with E-state index in [4.69, 9.17) is 0 Å². The van der Waals surface area contributed by atoms with Crippen LogP contribution in [0.15, 0.2) is 21.2 Å². The number of anilines is 1. The zero-order valence-corrected chi connectivity index (χ0v) is 12.0. The summed E-state index contributed by atoms with van der Waals surface area (Å²) in [7, 11) is 0. The van der Waals surface area contributed by atoms with Crippen molar-refractivity contribution in [1.82, 2.24) is 4.98 Å². The maximum atomic E-state index is 9.51. The second-order valence-electron chi connectivity index (χ2n) is 4.25. The normalized spacial score (nSPS) is 18.7. The molecule has 5 heteroatoms. The van der Waals surface area contributed by atoms with Gasteiger partial charge in [-0.1, -0.05) is 12.8 Å². The minimum Gasteiger partial charge on any atom is -0.394 e. The first-order chi connectivity index (χ1) is 7.65. The van der Waals surface area contributed by atoms with Gasteiger partial charge in [0.25, 0.3) is 0 Å². The molecule has 0 spiro atoms. The molecule has 1 aliphatic rings. The lowest BCUT2D eigenvalue weighted by molar-refractivity contribution is 0.213. The average molecular weight is 350 g/mol. The summed E-state index contributed by atoms with van der Waals surface area (Å²) in [5.41, 5.74) is -0.177. The number of rotatable bonds is 3. The van der Waals surface area contributed by atoms with Crippen molar-refractivity contribution < 1.29 is 5.11 Å². The molecule has 0 bridgehead atoms. The fourth-order valence-electron chi connectivity index (χ4n) is 2.13. The van der Waals surface area contributed by atoms with E-state index in [1.165, 1.54) is 12.8 Å². The Morgan fingerprint density at radius 1 is 1.38 bits per heavy atom. The smallest absolute Gasteiger partial charge is 0.140 e. The van der Waals surface area contributed by atoms with E-state index in [-0.39, 0.29) is 12.1 Å². The molecule has 1 fully saturated rings. The van der Waals surface area contributed by atoms with E-state index >= 15 is 0 Å². The Labute approximate surface area is 112 Å². The number of aliphatic hydroxyl groups excluding tert-OH is 1. The van der Waals surface area contributed by atoms with Crippen LogP contribution in [0.1, 0.15) is 25.7 Å². The minimum absolute atomic E-state index is 0.164. The zero-order valence-electron chi connectivity index (χ0n) is 8.84. The molecule has 3 nitrogen and oxygen atoms in total. The van der Waals surface area contributed by atoms with E-state index in [0.29, 0.717) is 0 Å². The maximum Gasteiger partial charge on any atom is 0.140 e. The topological polar surface area (TPSA) is 45.1 Å². The van der Waals surface area contributed by atoms with Crippen molar-refractivity contribution in [2.75, 3.05) is 11.9 Å². The van der Waals surface area contributed by atoms with Crippen LogP contribution in [0, 0.1) is 0 Å². The molecule has 0 amide bonds. The van der Waals surface area contributed by atoms with Gasteiger partial charge in [-0.2, -0.15) is 0 Å². The van der Waals surface area contributed by atoms with Gasteiger partial charge in [0.2, 0.25) is 0 Å². The van der Waals surface area contributed by atoms with Crippen LogP contribution in [0.25, 0.3) is 0 Å². The van der Waals surface area contributed by atoms with Crippen LogP contribution in [0.5, 0.6) is 0 Å². The van der Waals surface area contributed by atoms with Crippen molar-refractivity contribution in [2.45, 2.75) is 31.2 Å². The standard InChI is InChI=1S/C11H14Br2N2O/c12-8-5-9(13)10(14-6-8)15-11(7-16)3-1-2-4-11/h5-6,16H,1-4,7H2,(H,14,15). The molecular formula is C11H14Br2N2O. The van der Waals surface area contributed by atoms with Gasteiger partial charge in [0.15, 0.2) is 0 Å². The average Bonchev–Trinajstić information content (AvgIpc) is 2.72. The summed E-state index contributed by atoms with van der Waals surface area (Å²) in [6.45, 7) is 0.164. The summed E-state index contributed by atoms with van der Waals surface area (Å²) in [6.07, 6.45) is 6.11. The van der Waals surface area contributed by atoms with Crippen LogP contribution in [-0.4, -0.2) is 22.2 Å². The quantitative estimate of drug-likeness (QED) is 0.879. The predicted molar refractivity (Wildman–Crippen MR) is 71.5 cm³/mol. The highest BCUT2D eigenvalue weighted by molar-refractivity contribution is 9.11. The summed E-state index contributed by atoms with van der Waals surface area (Å²) >= 11 is 6.84. The molecule has 0 aliphatic heterocycles. The Bertz CT molecular complexity index is 378. The Morgan fingerprint density at radius 2 is 2.06 bits per heavy atom. The molecule has 88 valence electrons. The molecule has 1 aliphatic carbocycles. The molecule has 1 saturated carbocycles. The molecule has 0 radical (unpaired) electrons. The lowest BCUT2D eigenvalue weighted by Gasteiger charge is -2.29. The van der Waals surface area contributed by atoms with Gasteiger partial charge in [0.05, 0.1) is 16.6 Å². The summed E-state index contributed by atoms with van der Waals surface area (Å²) in [5, 5.41) is 12.9.